The fraction of sp³-hybridized carbons (Fsp3) is 0.368. The minimum atomic E-state index is 0.251. The molecule has 0 aliphatic carbocycles. The maximum atomic E-state index is 3.70. The molecule has 1 unspecified atom stereocenters. The molecule has 2 aromatic carbocycles. The van der Waals surface area contributed by atoms with E-state index in [1.165, 1.54) is 27.8 Å². The van der Waals surface area contributed by atoms with E-state index < -0.39 is 0 Å². The van der Waals surface area contributed by atoms with E-state index in [4.69, 9.17) is 0 Å². The SMILES string of the molecule is CCCNC(c1cc(C)cc(Br)c1)c1cccc(C)c1C. The quantitative estimate of drug-likeness (QED) is 0.758. The van der Waals surface area contributed by atoms with Gasteiger partial charge in [0.15, 0.2) is 0 Å². The standard InChI is InChI=1S/C19H24BrN/c1-5-9-21-19(16-10-13(2)11-17(20)12-16)18-8-6-7-14(3)15(18)4/h6-8,10-12,19,21H,5,9H2,1-4H3. The van der Waals surface area contributed by atoms with E-state index in [0.29, 0.717) is 0 Å². The number of halogens is 1. The monoisotopic (exact) mass is 345 g/mol. The van der Waals surface area contributed by atoms with Crippen LogP contribution in [0.4, 0.5) is 0 Å². The summed E-state index contributed by atoms with van der Waals surface area (Å²) >= 11 is 3.63. The molecule has 0 fully saturated rings. The summed E-state index contributed by atoms with van der Waals surface area (Å²) in [6, 6.07) is 13.5. The van der Waals surface area contributed by atoms with Crippen LogP contribution in [0.3, 0.4) is 0 Å². The maximum Gasteiger partial charge on any atom is 0.0579 e. The zero-order valence-electron chi connectivity index (χ0n) is 13.3. The Balaban J connectivity index is 2.49. The van der Waals surface area contributed by atoms with Gasteiger partial charge in [0.2, 0.25) is 0 Å². The number of benzene rings is 2. The van der Waals surface area contributed by atoms with Crippen LogP contribution >= 0.6 is 15.9 Å². The fourth-order valence-electron chi connectivity index (χ4n) is 2.71. The van der Waals surface area contributed by atoms with Crippen molar-refractivity contribution in [1.29, 1.82) is 0 Å². The Bertz CT molecular complexity index is 599. The van der Waals surface area contributed by atoms with Crippen LogP contribution in [0.15, 0.2) is 40.9 Å². The summed E-state index contributed by atoms with van der Waals surface area (Å²) < 4.78 is 1.14. The number of aryl methyl sites for hydroxylation is 2. The molecule has 0 spiro atoms. The van der Waals surface area contributed by atoms with Gasteiger partial charge in [-0.2, -0.15) is 0 Å². The lowest BCUT2D eigenvalue weighted by Crippen LogP contribution is -2.24. The average Bonchev–Trinajstić information content (AvgIpc) is 2.42. The number of hydrogen-bond acceptors (Lipinski definition) is 1. The normalized spacial score (nSPS) is 12.4. The van der Waals surface area contributed by atoms with Gasteiger partial charge in [-0.15, -0.1) is 0 Å². The largest absolute Gasteiger partial charge is 0.306 e. The van der Waals surface area contributed by atoms with Gasteiger partial charge in [0.25, 0.3) is 0 Å². The summed E-state index contributed by atoms with van der Waals surface area (Å²) in [4.78, 5) is 0. The molecule has 1 N–H and O–H groups in total. The number of hydrogen-bond donors (Lipinski definition) is 1. The van der Waals surface area contributed by atoms with Crippen molar-refractivity contribution in [2.45, 2.75) is 40.2 Å². The molecule has 0 radical (unpaired) electrons. The van der Waals surface area contributed by atoms with Crippen molar-refractivity contribution in [3.05, 3.63) is 68.7 Å². The first kappa shape index (κ1) is 16.3. The van der Waals surface area contributed by atoms with Crippen LogP contribution in [0.1, 0.15) is 47.2 Å². The minimum absolute atomic E-state index is 0.251. The second-order valence-corrected chi connectivity index (χ2v) is 6.65. The van der Waals surface area contributed by atoms with Gasteiger partial charge in [-0.3, -0.25) is 0 Å². The third-order valence-corrected chi connectivity index (χ3v) is 4.41. The molecular formula is C19H24BrN. The van der Waals surface area contributed by atoms with Gasteiger partial charge in [-0.25, -0.2) is 0 Å². The molecule has 0 saturated carbocycles. The first-order valence-corrected chi connectivity index (χ1v) is 8.38. The Hall–Kier alpha value is -1.12. The molecule has 0 heterocycles. The minimum Gasteiger partial charge on any atom is -0.306 e. The van der Waals surface area contributed by atoms with Gasteiger partial charge < -0.3 is 5.32 Å². The molecule has 1 atom stereocenters. The average molecular weight is 346 g/mol. The Kier molecular flexibility index (Phi) is 5.60. The van der Waals surface area contributed by atoms with Gasteiger partial charge in [0, 0.05) is 4.47 Å². The molecular weight excluding hydrogens is 322 g/mol. The van der Waals surface area contributed by atoms with E-state index in [-0.39, 0.29) is 6.04 Å². The molecule has 1 nitrogen and oxygen atoms in total. The highest BCUT2D eigenvalue weighted by atomic mass is 79.9. The zero-order chi connectivity index (χ0) is 15.4. The van der Waals surface area contributed by atoms with E-state index in [2.05, 4.69) is 85.3 Å². The smallest absolute Gasteiger partial charge is 0.0579 e. The molecule has 0 bridgehead atoms. The van der Waals surface area contributed by atoms with Crippen molar-refractivity contribution in [2.75, 3.05) is 6.54 Å². The van der Waals surface area contributed by atoms with Gasteiger partial charge in [-0.1, -0.05) is 47.1 Å². The predicted octanol–water partition coefficient (Wildman–Crippen LogP) is 5.46. The molecule has 0 aliphatic heterocycles. The van der Waals surface area contributed by atoms with Crippen molar-refractivity contribution in [3.8, 4) is 0 Å². The third-order valence-electron chi connectivity index (χ3n) is 3.95. The second-order valence-electron chi connectivity index (χ2n) is 5.74. The summed E-state index contributed by atoms with van der Waals surface area (Å²) in [7, 11) is 0. The maximum absolute atomic E-state index is 3.70. The Morgan fingerprint density at radius 1 is 1.10 bits per heavy atom. The van der Waals surface area contributed by atoms with Gasteiger partial charge in [-0.05, 0) is 73.7 Å². The van der Waals surface area contributed by atoms with Gasteiger partial charge in [0.05, 0.1) is 6.04 Å². The highest BCUT2D eigenvalue weighted by Crippen LogP contribution is 2.29. The summed E-state index contributed by atoms with van der Waals surface area (Å²) in [5, 5.41) is 3.70. The van der Waals surface area contributed by atoms with Gasteiger partial charge in [0.1, 0.15) is 0 Å². The van der Waals surface area contributed by atoms with E-state index in [1.54, 1.807) is 0 Å². The van der Waals surface area contributed by atoms with Crippen molar-refractivity contribution >= 4 is 15.9 Å². The predicted molar refractivity (Wildman–Crippen MR) is 94.9 cm³/mol. The first-order chi connectivity index (χ1) is 10.0. The summed E-state index contributed by atoms with van der Waals surface area (Å²) in [5.74, 6) is 0. The molecule has 0 aliphatic rings. The first-order valence-electron chi connectivity index (χ1n) is 7.59. The molecule has 112 valence electrons. The fourth-order valence-corrected chi connectivity index (χ4v) is 3.34. The Labute approximate surface area is 136 Å². The van der Waals surface area contributed by atoms with Crippen LogP contribution < -0.4 is 5.32 Å². The van der Waals surface area contributed by atoms with E-state index in [0.717, 1.165) is 17.4 Å². The lowest BCUT2D eigenvalue weighted by Gasteiger charge is -2.23. The van der Waals surface area contributed by atoms with Crippen molar-refractivity contribution in [1.82, 2.24) is 5.32 Å². The van der Waals surface area contributed by atoms with Crippen LogP contribution in [0.25, 0.3) is 0 Å². The van der Waals surface area contributed by atoms with E-state index >= 15 is 0 Å². The molecule has 2 rings (SSSR count). The number of nitrogens with one attached hydrogen (secondary N) is 1. The lowest BCUT2D eigenvalue weighted by atomic mass is 9.92. The molecule has 21 heavy (non-hydrogen) atoms. The van der Waals surface area contributed by atoms with Crippen LogP contribution in [-0.4, -0.2) is 6.54 Å². The Morgan fingerprint density at radius 2 is 1.86 bits per heavy atom. The van der Waals surface area contributed by atoms with Crippen LogP contribution in [0, 0.1) is 20.8 Å². The van der Waals surface area contributed by atoms with Crippen molar-refractivity contribution in [3.63, 3.8) is 0 Å². The van der Waals surface area contributed by atoms with Crippen LogP contribution in [0.5, 0.6) is 0 Å². The number of rotatable bonds is 5. The Morgan fingerprint density at radius 3 is 2.52 bits per heavy atom. The summed E-state index contributed by atoms with van der Waals surface area (Å²) in [6.07, 6.45) is 1.13. The summed E-state index contributed by atoms with van der Waals surface area (Å²) in [5.41, 5.74) is 6.71. The molecule has 2 aromatic rings. The molecule has 0 amide bonds. The van der Waals surface area contributed by atoms with Crippen LogP contribution in [0.2, 0.25) is 0 Å². The molecule has 0 aromatic heterocycles. The van der Waals surface area contributed by atoms with E-state index in [9.17, 15) is 0 Å². The van der Waals surface area contributed by atoms with Crippen molar-refractivity contribution < 1.29 is 0 Å². The summed E-state index contributed by atoms with van der Waals surface area (Å²) in [6.45, 7) is 9.77. The van der Waals surface area contributed by atoms with Gasteiger partial charge >= 0.3 is 0 Å². The highest BCUT2D eigenvalue weighted by Gasteiger charge is 2.16. The second kappa shape index (κ2) is 7.24. The van der Waals surface area contributed by atoms with E-state index in [1.807, 2.05) is 0 Å². The van der Waals surface area contributed by atoms with Crippen LogP contribution in [-0.2, 0) is 0 Å². The highest BCUT2D eigenvalue weighted by molar-refractivity contribution is 9.10. The molecule has 0 saturated heterocycles. The lowest BCUT2D eigenvalue weighted by molar-refractivity contribution is 0.595. The van der Waals surface area contributed by atoms with Crippen molar-refractivity contribution in [2.24, 2.45) is 0 Å². The molecule has 2 heteroatoms. The zero-order valence-corrected chi connectivity index (χ0v) is 14.9. The topological polar surface area (TPSA) is 12.0 Å². The third kappa shape index (κ3) is 3.96.